The molecular formula is C14H19N3O2S. The molecule has 2 N–H and O–H groups in total. The van der Waals surface area contributed by atoms with Crippen molar-refractivity contribution in [1.29, 1.82) is 5.26 Å². The van der Waals surface area contributed by atoms with Crippen molar-refractivity contribution in [3.05, 3.63) is 29.8 Å². The minimum absolute atomic E-state index is 0.0889. The summed E-state index contributed by atoms with van der Waals surface area (Å²) >= 11 is 0. The number of likely N-dealkylation sites (tertiary alicyclic amines) is 1. The van der Waals surface area contributed by atoms with Gasteiger partial charge in [0.25, 0.3) is 0 Å². The third kappa shape index (κ3) is 3.79. The Morgan fingerprint density at radius 2 is 2.05 bits per heavy atom. The Morgan fingerprint density at radius 3 is 2.65 bits per heavy atom. The van der Waals surface area contributed by atoms with Crippen molar-refractivity contribution >= 4 is 9.84 Å². The molecule has 1 aliphatic heterocycles. The van der Waals surface area contributed by atoms with E-state index in [1.165, 1.54) is 24.3 Å². The van der Waals surface area contributed by atoms with Crippen LogP contribution in [0.25, 0.3) is 0 Å². The first-order chi connectivity index (χ1) is 9.51. The summed E-state index contributed by atoms with van der Waals surface area (Å²) in [6, 6.07) is 8.19. The van der Waals surface area contributed by atoms with Gasteiger partial charge in [-0.15, -0.1) is 0 Å². The third-order valence-electron chi connectivity index (χ3n) is 3.56. The van der Waals surface area contributed by atoms with Gasteiger partial charge in [0.2, 0.25) is 0 Å². The lowest BCUT2D eigenvalue weighted by atomic mass is 10.1. The summed E-state index contributed by atoms with van der Waals surface area (Å²) < 4.78 is 24.4. The van der Waals surface area contributed by atoms with Gasteiger partial charge in [0.05, 0.1) is 22.3 Å². The number of piperidine rings is 1. The molecule has 6 heteroatoms. The maximum atomic E-state index is 12.2. The van der Waals surface area contributed by atoms with E-state index in [0.717, 1.165) is 25.9 Å². The molecule has 1 aromatic carbocycles. The number of nitriles is 1. The Hall–Kier alpha value is -1.42. The number of nitrogens with two attached hydrogens (primary N) is 1. The Labute approximate surface area is 119 Å². The maximum absolute atomic E-state index is 12.2. The Bertz CT molecular complexity index is 590. The van der Waals surface area contributed by atoms with E-state index in [2.05, 4.69) is 4.90 Å². The van der Waals surface area contributed by atoms with Gasteiger partial charge >= 0.3 is 0 Å². The molecule has 5 nitrogen and oxygen atoms in total. The van der Waals surface area contributed by atoms with Gasteiger partial charge in [-0.1, -0.05) is 0 Å². The summed E-state index contributed by atoms with van der Waals surface area (Å²) in [5.74, 6) is 0.0889. The van der Waals surface area contributed by atoms with Crippen molar-refractivity contribution in [3.63, 3.8) is 0 Å². The number of hydrogen-bond donors (Lipinski definition) is 1. The molecule has 1 aromatic rings. The minimum Gasteiger partial charge on any atom is -0.327 e. The van der Waals surface area contributed by atoms with Crippen LogP contribution < -0.4 is 5.73 Å². The van der Waals surface area contributed by atoms with E-state index in [-0.39, 0.29) is 16.7 Å². The Balaban J connectivity index is 1.98. The maximum Gasteiger partial charge on any atom is 0.179 e. The van der Waals surface area contributed by atoms with Crippen molar-refractivity contribution < 1.29 is 8.42 Å². The number of nitrogens with zero attached hydrogens (tertiary/aromatic N) is 2. The van der Waals surface area contributed by atoms with Crippen LogP contribution in [0.1, 0.15) is 18.4 Å². The van der Waals surface area contributed by atoms with Crippen molar-refractivity contribution in [2.45, 2.75) is 23.8 Å². The van der Waals surface area contributed by atoms with Gasteiger partial charge in [-0.2, -0.15) is 5.26 Å². The minimum atomic E-state index is -3.29. The van der Waals surface area contributed by atoms with Crippen LogP contribution in [0.4, 0.5) is 0 Å². The van der Waals surface area contributed by atoms with Crippen LogP contribution in [0.3, 0.4) is 0 Å². The summed E-state index contributed by atoms with van der Waals surface area (Å²) in [6.07, 6.45) is 2.04. The summed E-state index contributed by atoms with van der Waals surface area (Å²) in [4.78, 5) is 2.38. The summed E-state index contributed by atoms with van der Waals surface area (Å²) in [5.41, 5.74) is 6.35. The smallest absolute Gasteiger partial charge is 0.179 e. The molecule has 0 spiro atoms. The molecule has 1 atom stereocenters. The van der Waals surface area contributed by atoms with Gasteiger partial charge < -0.3 is 10.6 Å². The second kappa shape index (κ2) is 6.35. The molecular weight excluding hydrogens is 274 g/mol. The van der Waals surface area contributed by atoms with E-state index < -0.39 is 9.84 Å². The molecule has 20 heavy (non-hydrogen) atoms. The van der Waals surface area contributed by atoms with E-state index in [4.69, 9.17) is 11.0 Å². The predicted octanol–water partition coefficient (Wildman–Crippen LogP) is 0.755. The summed E-state index contributed by atoms with van der Waals surface area (Å²) in [7, 11) is -3.29. The van der Waals surface area contributed by atoms with E-state index in [9.17, 15) is 8.42 Å². The zero-order valence-corrected chi connectivity index (χ0v) is 12.1. The molecule has 0 amide bonds. The van der Waals surface area contributed by atoms with Crippen LogP contribution in [-0.2, 0) is 9.84 Å². The largest absolute Gasteiger partial charge is 0.327 e. The van der Waals surface area contributed by atoms with Gasteiger partial charge in [0, 0.05) is 19.1 Å². The molecule has 1 saturated heterocycles. The Morgan fingerprint density at radius 1 is 1.35 bits per heavy atom. The quantitative estimate of drug-likeness (QED) is 0.885. The monoisotopic (exact) mass is 293 g/mol. The molecule has 2 rings (SSSR count). The molecule has 0 radical (unpaired) electrons. The molecule has 108 valence electrons. The van der Waals surface area contributed by atoms with Gasteiger partial charge in [-0.3, -0.25) is 0 Å². The van der Waals surface area contributed by atoms with E-state index in [1.807, 2.05) is 6.07 Å². The molecule has 1 heterocycles. The lowest BCUT2D eigenvalue weighted by molar-refractivity contribution is 0.220. The normalized spacial score (nSPS) is 20.5. The number of hydrogen-bond acceptors (Lipinski definition) is 5. The van der Waals surface area contributed by atoms with Crippen LogP contribution in [-0.4, -0.2) is 44.7 Å². The zero-order valence-electron chi connectivity index (χ0n) is 11.3. The molecule has 1 unspecified atom stereocenters. The van der Waals surface area contributed by atoms with Crippen LogP contribution in [0.15, 0.2) is 29.2 Å². The summed E-state index contributed by atoms with van der Waals surface area (Å²) in [5, 5.41) is 8.71. The second-order valence-corrected chi connectivity index (χ2v) is 7.27. The third-order valence-corrected chi connectivity index (χ3v) is 5.27. The SMILES string of the molecule is N#Cc1ccc(S(=O)(=O)CCN2CCCC(N)C2)cc1. The lowest BCUT2D eigenvalue weighted by Gasteiger charge is -2.30. The van der Waals surface area contributed by atoms with E-state index in [0.29, 0.717) is 12.1 Å². The fraction of sp³-hybridized carbons (Fsp3) is 0.500. The van der Waals surface area contributed by atoms with Crippen LogP contribution in [0, 0.1) is 11.3 Å². The highest BCUT2D eigenvalue weighted by atomic mass is 32.2. The molecule has 1 aliphatic rings. The van der Waals surface area contributed by atoms with Gasteiger partial charge in [-0.05, 0) is 43.7 Å². The first-order valence-electron chi connectivity index (χ1n) is 6.72. The molecule has 0 bridgehead atoms. The highest BCUT2D eigenvalue weighted by molar-refractivity contribution is 7.91. The highest BCUT2D eigenvalue weighted by Crippen LogP contribution is 2.14. The lowest BCUT2D eigenvalue weighted by Crippen LogP contribution is -2.44. The van der Waals surface area contributed by atoms with Crippen molar-refractivity contribution in [3.8, 4) is 6.07 Å². The topological polar surface area (TPSA) is 87.2 Å². The van der Waals surface area contributed by atoms with Crippen LogP contribution in [0.5, 0.6) is 0 Å². The molecule has 0 aliphatic carbocycles. The van der Waals surface area contributed by atoms with E-state index >= 15 is 0 Å². The Kier molecular flexibility index (Phi) is 4.76. The number of sulfone groups is 1. The van der Waals surface area contributed by atoms with Crippen LogP contribution >= 0.6 is 0 Å². The molecule has 0 saturated carbocycles. The molecule has 1 fully saturated rings. The average molecular weight is 293 g/mol. The average Bonchev–Trinajstić information content (AvgIpc) is 2.45. The number of benzene rings is 1. The first kappa shape index (κ1) is 15.0. The number of rotatable bonds is 4. The van der Waals surface area contributed by atoms with Gasteiger partial charge in [-0.25, -0.2) is 8.42 Å². The van der Waals surface area contributed by atoms with E-state index in [1.54, 1.807) is 0 Å². The van der Waals surface area contributed by atoms with Crippen molar-refractivity contribution in [1.82, 2.24) is 4.90 Å². The highest BCUT2D eigenvalue weighted by Gasteiger charge is 2.20. The second-order valence-electron chi connectivity index (χ2n) is 5.16. The fourth-order valence-corrected chi connectivity index (χ4v) is 3.68. The first-order valence-corrected chi connectivity index (χ1v) is 8.37. The van der Waals surface area contributed by atoms with Crippen molar-refractivity contribution in [2.24, 2.45) is 5.73 Å². The molecule has 0 aromatic heterocycles. The zero-order chi connectivity index (χ0) is 14.6. The fourth-order valence-electron chi connectivity index (χ4n) is 2.40. The van der Waals surface area contributed by atoms with Crippen molar-refractivity contribution in [2.75, 3.05) is 25.4 Å². The van der Waals surface area contributed by atoms with Gasteiger partial charge in [0.1, 0.15) is 0 Å². The predicted molar refractivity (Wildman–Crippen MR) is 76.9 cm³/mol. The standard InChI is InChI=1S/C14H19N3O2S/c15-10-12-3-5-14(6-4-12)20(18,19)9-8-17-7-1-2-13(16)11-17/h3-6,13H,1-2,7-9,11,16H2. The summed E-state index contributed by atoms with van der Waals surface area (Å²) in [6.45, 7) is 2.19. The van der Waals surface area contributed by atoms with Gasteiger partial charge in [0.15, 0.2) is 9.84 Å². The van der Waals surface area contributed by atoms with Crippen LogP contribution in [0.2, 0.25) is 0 Å².